The molecule has 0 saturated heterocycles. The molecule has 1 aromatic heterocycles. The first kappa shape index (κ1) is 13.6. The molecule has 0 fully saturated rings. The number of nitrogens with one attached hydrogen (secondary N) is 1. The van der Waals surface area contributed by atoms with Gasteiger partial charge < -0.3 is 11.1 Å². The molecular weight excluding hydrogens is 262 g/mol. The number of sulfone groups is 1. The number of benzene rings is 1. The molecule has 0 atom stereocenters. The molecular formula is C13H17N3O2S. The lowest BCUT2D eigenvalue weighted by Gasteiger charge is -2.11. The zero-order chi connectivity index (χ0) is 13.9. The van der Waals surface area contributed by atoms with Gasteiger partial charge >= 0.3 is 0 Å². The number of pyridine rings is 1. The minimum atomic E-state index is -2.96. The predicted molar refractivity (Wildman–Crippen MR) is 79.0 cm³/mol. The normalized spacial score (nSPS) is 11.6. The molecule has 19 heavy (non-hydrogen) atoms. The second kappa shape index (κ2) is 5.44. The van der Waals surface area contributed by atoms with Crippen molar-refractivity contribution in [2.45, 2.75) is 6.92 Å². The third kappa shape index (κ3) is 3.14. The lowest BCUT2D eigenvalue weighted by Crippen LogP contribution is -2.17. The molecule has 6 heteroatoms. The van der Waals surface area contributed by atoms with E-state index in [1.807, 2.05) is 18.2 Å². The highest BCUT2D eigenvalue weighted by Crippen LogP contribution is 2.27. The summed E-state index contributed by atoms with van der Waals surface area (Å²) in [5, 5.41) is 4.95. The topological polar surface area (TPSA) is 85.1 Å². The van der Waals surface area contributed by atoms with Crippen LogP contribution in [0.4, 0.5) is 11.4 Å². The van der Waals surface area contributed by atoms with E-state index in [1.54, 1.807) is 19.3 Å². The van der Waals surface area contributed by atoms with Crippen LogP contribution in [-0.4, -0.2) is 31.5 Å². The number of hydrogen-bond donors (Lipinski definition) is 2. The Morgan fingerprint density at radius 2 is 2.11 bits per heavy atom. The Hall–Kier alpha value is -1.82. The van der Waals surface area contributed by atoms with Gasteiger partial charge in [-0.3, -0.25) is 4.98 Å². The van der Waals surface area contributed by atoms with Crippen molar-refractivity contribution in [2.75, 3.05) is 29.1 Å². The Bertz CT molecular complexity index is 683. The van der Waals surface area contributed by atoms with E-state index in [0.717, 1.165) is 16.5 Å². The molecule has 0 aliphatic heterocycles. The SMILES string of the molecule is CCS(=O)(=O)CCNc1ccc2cnccc2c1N. The average molecular weight is 279 g/mol. The molecule has 2 rings (SSSR count). The quantitative estimate of drug-likeness (QED) is 0.813. The number of hydrogen-bond acceptors (Lipinski definition) is 5. The zero-order valence-electron chi connectivity index (χ0n) is 10.8. The number of nitrogen functional groups attached to an aromatic ring is 1. The molecule has 0 bridgehead atoms. The summed E-state index contributed by atoms with van der Waals surface area (Å²) in [5.74, 6) is 0.269. The van der Waals surface area contributed by atoms with E-state index < -0.39 is 9.84 Å². The maximum atomic E-state index is 11.4. The first-order chi connectivity index (χ1) is 9.03. The standard InChI is InChI=1S/C13H17N3O2S/c1-2-19(17,18)8-7-16-12-4-3-10-9-15-6-5-11(10)13(12)14/h3-6,9,16H,2,7-8,14H2,1H3. The summed E-state index contributed by atoms with van der Waals surface area (Å²) in [6.45, 7) is 2.00. The molecule has 2 aromatic rings. The van der Waals surface area contributed by atoms with Gasteiger partial charge in [0.2, 0.25) is 0 Å². The van der Waals surface area contributed by atoms with Crippen molar-refractivity contribution >= 4 is 32.0 Å². The summed E-state index contributed by atoms with van der Waals surface area (Å²) < 4.78 is 22.8. The second-order valence-electron chi connectivity index (χ2n) is 4.29. The van der Waals surface area contributed by atoms with E-state index in [4.69, 9.17) is 5.73 Å². The number of anilines is 2. The fourth-order valence-electron chi connectivity index (χ4n) is 1.83. The summed E-state index contributed by atoms with van der Waals surface area (Å²) in [6, 6.07) is 5.60. The monoisotopic (exact) mass is 279 g/mol. The Kier molecular flexibility index (Phi) is 3.90. The van der Waals surface area contributed by atoms with Crippen LogP contribution in [0, 0.1) is 0 Å². The molecule has 102 valence electrons. The van der Waals surface area contributed by atoms with Crippen molar-refractivity contribution in [1.29, 1.82) is 0 Å². The molecule has 0 amide bonds. The number of nitrogens with two attached hydrogens (primary N) is 1. The molecule has 0 aliphatic carbocycles. The first-order valence-electron chi connectivity index (χ1n) is 6.10. The van der Waals surface area contributed by atoms with E-state index in [2.05, 4.69) is 10.3 Å². The van der Waals surface area contributed by atoms with Gasteiger partial charge in [0.15, 0.2) is 9.84 Å². The van der Waals surface area contributed by atoms with Gasteiger partial charge in [0.05, 0.1) is 17.1 Å². The lowest BCUT2D eigenvalue weighted by atomic mass is 10.1. The van der Waals surface area contributed by atoms with E-state index in [9.17, 15) is 8.42 Å². The fraction of sp³-hybridized carbons (Fsp3) is 0.308. The van der Waals surface area contributed by atoms with E-state index >= 15 is 0 Å². The first-order valence-corrected chi connectivity index (χ1v) is 7.92. The van der Waals surface area contributed by atoms with E-state index in [0.29, 0.717) is 12.2 Å². The van der Waals surface area contributed by atoms with Gasteiger partial charge in [-0.05, 0) is 12.1 Å². The molecule has 0 spiro atoms. The highest BCUT2D eigenvalue weighted by atomic mass is 32.2. The third-order valence-corrected chi connectivity index (χ3v) is 4.74. The maximum Gasteiger partial charge on any atom is 0.151 e. The van der Waals surface area contributed by atoms with Crippen LogP contribution in [0.5, 0.6) is 0 Å². The Labute approximate surface area is 112 Å². The number of nitrogens with zero attached hydrogens (tertiary/aromatic N) is 1. The fourth-order valence-corrected chi connectivity index (χ4v) is 2.53. The van der Waals surface area contributed by atoms with Crippen LogP contribution in [0.2, 0.25) is 0 Å². The van der Waals surface area contributed by atoms with Crippen molar-refractivity contribution < 1.29 is 8.42 Å². The van der Waals surface area contributed by atoms with Crippen LogP contribution < -0.4 is 11.1 Å². The van der Waals surface area contributed by atoms with Crippen molar-refractivity contribution in [1.82, 2.24) is 4.98 Å². The van der Waals surface area contributed by atoms with Crippen molar-refractivity contribution in [2.24, 2.45) is 0 Å². The molecule has 0 aliphatic rings. The Balaban J connectivity index is 2.16. The third-order valence-electron chi connectivity index (χ3n) is 3.03. The Morgan fingerprint density at radius 3 is 2.84 bits per heavy atom. The Morgan fingerprint density at radius 1 is 1.32 bits per heavy atom. The number of fused-ring (bicyclic) bond motifs is 1. The van der Waals surface area contributed by atoms with Crippen LogP contribution in [0.15, 0.2) is 30.6 Å². The maximum absolute atomic E-state index is 11.4. The molecule has 3 N–H and O–H groups in total. The molecule has 0 saturated carbocycles. The summed E-state index contributed by atoms with van der Waals surface area (Å²) in [4.78, 5) is 4.03. The largest absolute Gasteiger partial charge is 0.397 e. The average Bonchev–Trinajstić information content (AvgIpc) is 2.42. The summed E-state index contributed by atoms with van der Waals surface area (Å²) >= 11 is 0. The zero-order valence-corrected chi connectivity index (χ0v) is 11.6. The molecule has 1 aromatic carbocycles. The summed E-state index contributed by atoms with van der Waals surface area (Å²) in [6.07, 6.45) is 3.43. The second-order valence-corrected chi connectivity index (χ2v) is 6.76. The predicted octanol–water partition coefficient (Wildman–Crippen LogP) is 1.66. The smallest absolute Gasteiger partial charge is 0.151 e. The highest BCUT2D eigenvalue weighted by Gasteiger charge is 2.08. The molecule has 0 unspecified atom stereocenters. The van der Waals surface area contributed by atoms with Crippen LogP contribution in [0.1, 0.15) is 6.92 Å². The molecule has 0 radical (unpaired) electrons. The van der Waals surface area contributed by atoms with Crippen LogP contribution in [0.3, 0.4) is 0 Å². The molecule has 1 heterocycles. The van der Waals surface area contributed by atoms with Gasteiger partial charge in [-0.1, -0.05) is 13.0 Å². The van der Waals surface area contributed by atoms with Gasteiger partial charge in [-0.25, -0.2) is 8.42 Å². The van der Waals surface area contributed by atoms with Crippen LogP contribution >= 0.6 is 0 Å². The lowest BCUT2D eigenvalue weighted by molar-refractivity contribution is 0.597. The van der Waals surface area contributed by atoms with Crippen LogP contribution in [0.25, 0.3) is 10.8 Å². The summed E-state index contributed by atoms with van der Waals surface area (Å²) in [5.41, 5.74) is 7.44. The highest BCUT2D eigenvalue weighted by molar-refractivity contribution is 7.91. The van der Waals surface area contributed by atoms with Gasteiger partial charge in [-0.2, -0.15) is 0 Å². The van der Waals surface area contributed by atoms with E-state index in [1.165, 1.54) is 0 Å². The van der Waals surface area contributed by atoms with Crippen molar-refractivity contribution in [3.63, 3.8) is 0 Å². The minimum Gasteiger partial charge on any atom is -0.397 e. The number of rotatable bonds is 5. The van der Waals surface area contributed by atoms with Crippen molar-refractivity contribution in [3.05, 3.63) is 30.6 Å². The van der Waals surface area contributed by atoms with Gasteiger partial charge in [0.25, 0.3) is 0 Å². The van der Waals surface area contributed by atoms with Crippen molar-refractivity contribution in [3.8, 4) is 0 Å². The minimum absolute atomic E-state index is 0.108. The molecule has 5 nitrogen and oxygen atoms in total. The number of aromatic nitrogens is 1. The van der Waals surface area contributed by atoms with Gasteiger partial charge in [-0.15, -0.1) is 0 Å². The summed E-state index contributed by atoms with van der Waals surface area (Å²) in [7, 11) is -2.96. The van der Waals surface area contributed by atoms with Gasteiger partial charge in [0, 0.05) is 35.5 Å². The van der Waals surface area contributed by atoms with Crippen LogP contribution in [-0.2, 0) is 9.84 Å². The van der Waals surface area contributed by atoms with Gasteiger partial charge in [0.1, 0.15) is 0 Å². The van der Waals surface area contributed by atoms with E-state index in [-0.39, 0.29) is 11.5 Å².